The average molecular weight is 554 g/mol. The van der Waals surface area contributed by atoms with Crippen molar-refractivity contribution in [3.05, 3.63) is 35.4 Å². The number of aryl methyl sites for hydroxylation is 2. The molecule has 178 valence electrons. The molecule has 0 aliphatic heterocycles. The predicted octanol–water partition coefficient (Wildman–Crippen LogP) is 10.5. The minimum atomic E-state index is 0. The molecule has 0 fully saturated rings. The Bertz CT molecular complexity index is 435. The van der Waals surface area contributed by atoms with Crippen molar-refractivity contribution in [3.63, 3.8) is 0 Å². The van der Waals surface area contributed by atoms with Gasteiger partial charge in [-0.1, -0.05) is 154 Å². The number of benzene rings is 1. The van der Waals surface area contributed by atoms with E-state index in [1.54, 1.807) is 11.1 Å². The molecule has 1 rings (SSSR count). The van der Waals surface area contributed by atoms with Crippen LogP contribution in [0, 0.1) is 0 Å². The zero-order valence-corrected chi connectivity index (χ0v) is 26.0. The van der Waals surface area contributed by atoms with Crippen molar-refractivity contribution in [1.82, 2.24) is 0 Å². The van der Waals surface area contributed by atoms with E-state index in [1.807, 2.05) is 0 Å². The molecular formula is C30H56Ba. The summed E-state index contributed by atoms with van der Waals surface area (Å²) in [6.45, 7) is 4.60. The summed E-state index contributed by atoms with van der Waals surface area (Å²) in [5.41, 5.74) is 3.26. The predicted molar refractivity (Wildman–Crippen MR) is 146 cm³/mol. The van der Waals surface area contributed by atoms with Crippen LogP contribution in [0.5, 0.6) is 0 Å². The Morgan fingerprint density at radius 3 is 0.968 bits per heavy atom. The van der Waals surface area contributed by atoms with Crippen LogP contribution in [-0.2, 0) is 12.8 Å². The fourth-order valence-electron chi connectivity index (χ4n) is 4.65. The summed E-state index contributed by atoms with van der Waals surface area (Å²) in [7, 11) is 0. The van der Waals surface area contributed by atoms with Crippen molar-refractivity contribution in [2.75, 3.05) is 0 Å². The van der Waals surface area contributed by atoms with Crippen LogP contribution in [0.25, 0.3) is 0 Å². The van der Waals surface area contributed by atoms with Crippen molar-refractivity contribution < 1.29 is 2.85 Å². The fraction of sp³-hybridized carbons (Fsp3) is 0.800. The average Bonchev–Trinajstić information content (AvgIpc) is 2.77. The van der Waals surface area contributed by atoms with E-state index in [0.717, 1.165) is 0 Å². The second-order valence-corrected chi connectivity index (χ2v) is 9.63. The molecule has 0 N–H and O–H groups in total. The van der Waals surface area contributed by atoms with Gasteiger partial charge in [0.05, 0.1) is 0 Å². The molecule has 0 amide bonds. The summed E-state index contributed by atoms with van der Waals surface area (Å²) in [6, 6.07) is 9.26. The van der Waals surface area contributed by atoms with Gasteiger partial charge in [0.25, 0.3) is 0 Å². The third-order valence-electron chi connectivity index (χ3n) is 6.72. The molecule has 1 aromatic rings. The molecule has 1 aromatic carbocycles. The Labute approximate surface area is 240 Å². The largest absolute Gasteiger partial charge is 2.00 e. The van der Waals surface area contributed by atoms with Crippen molar-refractivity contribution in [2.24, 2.45) is 0 Å². The van der Waals surface area contributed by atoms with Gasteiger partial charge in [-0.3, -0.25) is 0 Å². The topological polar surface area (TPSA) is 0 Å². The van der Waals surface area contributed by atoms with Gasteiger partial charge in [-0.2, -0.15) is 0 Å². The summed E-state index contributed by atoms with van der Waals surface area (Å²) in [6.07, 6.45) is 31.2. The Hall–Kier alpha value is 0.791. The van der Waals surface area contributed by atoms with Gasteiger partial charge >= 0.3 is 48.9 Å². The Kier molecular flexibility index (Phi) is 26.1. The Balaban J connectivity index is -0.00000300. The standard InChI is InChI=1S/C30H54.Ba.2H/c1-3-5-7-9-11-13-15-17-19-21-25-29-27-23-24-28-30(29)26-22-20-18-16-14-12-10-8-6-4-2;;;/h23-24,27-28H,3-22,25-26H2,1-2H3;;;/q;+2;2*-1. The zero-order valence-electron chi connectivity index (χ0n) is 23.6. The molecule has 0 saturated heterocycles. The van der Waals surface area contributed by atoms with Gasteiger partial charge in [-0.25, -0.2) is 0 Å². The normalized spacial score (nSPS) is 10.9. The molecule has 0 bridgehead atoms. The van der Waals surface area contributed by atoms with Crippen LogP contribution in [0.3, 0.4) is 0 Å². The third-order valence-corrected chi connectivity index (χ3v) is 6.72. The van der Waals surface area contributed by atoms with Crippen molar-refractivity contribution in [1.29, 1.82) is 0 Å². The Morgan fingerprint density at radius 1 is 0.419 bits per heavy atom. The molecule has 0 aliphatic rings. The first-order valence-electron chi connectivity index (χ1n) is 13.9. The second-order valence-electron chi connectivity index (χ2n) is 9.63. The van der Waals surface area contributed by atoms with Gasteiger partial charge in [0, 0.05) is 0 Å². The maximum Gasteiger partial charge on any atom is 2.00 e. The minimum absolute atomic E-state index is 0. The van der Waals surface area contributed by atoms with E-state index in [4.69, 9.17) is 0 Å². The molecule has 0 atom stereocenters. The van der Waals surface area contributed by atoms with Gasteiger partial charge in [0.15, 0.2) is 0 Å². The third kappa shape index (κ3) is 19.9. The van der Waals surface area contributed by atoms with E-state index >= 15 is 0 Å². The number of hydrogen-bond donors (Lipinski definition) is 0. The first-order valence-corrected chi connectivity index (χ1v) is 13.9. The van der Waals surface area contributed by atoms with Crippen LogP contribution in [0.1, 0.15) is 156 Å². The molecule has 0 unspecified atom stereocenters. The summed E-state index contributed by atoms with van der Waals surface area (Å²) in [4.78, 5) is 0. The van der Waals surface area contributed by atoms with E-state index < -0.39 is 0 Å². The molecule has 31 heavy (non-hydrogen) atoms. The van der Waals surface area contributed by atoms with Crippen LogP contribution >= 0.6 is 0 Å². The van der Waals surface area contributed by atoms with Gasteiger partial charge in [0.1, 0.15) is 0 Å². The van der Waals surface area contributed by atoms with E-state index in [2.05, 4.69) is 38.1 Å². The van der Waals surface area contributed by atoms with E-state index in [-0.39, 0.29) is 51.7 Å². The van der Waals surface area contributed by atoms with Gasteiger partial charge in [0.2, 0.25) is 0 Å². The van der Waals surface area contributed by atoms with Crippen molar-refractivity contribution >= 4 is 48.9 Å². The minimum Gasteiger partial charge on any atom is -1.00 e. The number of hydrogen-bond acceptors (Lipinski definition) is 0. The molecule has 0 heterocycles. The van der Waals surface area contributed by atoms with Crippen molar-refractivity contribution in [3.8, 4) is 0 Å². The van der Waals surface area contributed by atoms with Crippen LogP contribution in [0.4, 0.5) is 0 Å². The molecule has 0 aliphatic carbocycles. The van der Waals surface area contributed by atoms with Gasteiger partial charge in [-0.15, -0.1) is 0 Å². The smallest absolute Gasteiger partial charge is 1.00 e. The molecule has 0 radical (unpaired) electrons. The van der Waals surface area contributed by atoms with E-state index in [9.17, 15) is 0 Å². The summed E-state index contributed by atoms with van der Waals surface area (Å²) in [5, 5.41) is 0. The summed E-state index contributed by atoms with van der Waals surface area (Å²) in [5.74, 6) is 0. The molecule has 0 aromatic heterocycles. The maximum absolute atomic E-state index is 2.39. The van der Waals surface area contributed by atoms with Gasteiger partial charge in [-0.05, 0) is 36.8 Å². The molecular weight excluding hydrogens is 498 g/mol. The number of rotatable bonds is 22. The monoisotopic (exact) mass is 554 g/mol. The van der Waals surface area contributed by atoms with E-state index in [0.29, 0.717) is 0 Å². The fourth-order valence-corrected chi connectivity index (χ4v) is 4.65. The van der Waals surface area contributed by atoms with Crippen molar-refractivity contribution in [2.45, 2.75) is 155 Å². The Morgan fingerprint density at radius 2 is 0.677 bits per heavy atom. The van der Waals surface area contributed by atoms with Crippen LogP contribution in [0.2, 0.25) is 0 Å². The molecule has 0 spiro atoms. The molecule has 1 heteroatoms. The summed E-state index contributed by atoms with van der Waals surface area (Å²) < 4.78 is 0. The van der Waals surface area contributed by atoms with Gasteiger partial charge < -0.3 is 2.85 Å². The van der Waals surface area contributed by atoms with E-state index in [1.165, 1.54) is 141 Å². The summed E-state index contributed by atoms with van der Waals surface area (Å²) >= 11 is 0. The SMILES string of the molecule is CCCCCCCCCCCCc1ccccc1CCCCCCCCCCCC.[Ba+2].[H-].[H-]. The maximum atomic E-state index is 2.39. The van der Waals surface area contributed by atoms with Crippen LogP contribution < -0.4 is 0 Å². The van der Waals surface area contributed by atoms with Crippen LogP contribution in [0.15, 0.2) is 24.3 Å². The molecule has 0 saturated carbocycles. The first-order chi connectivity index (χ1) is 14.9. The van der Waals surface area contributed by atoms with Crippen LogP contribution in [-0.4, -0.2) is 48.9 Å². The molecule has 0 nitrogen and oxygen atoms in total. The quantitative estimate of drug-likeness (QED) is 0.0989. The first kappa shape index (κ1) is 31.8. The second kappa shape index (κ2) is 25.4. The number of unbranched alkanes of at least 4 members (excludes halogenated alkanes) is 18. The zero-order chi connectivity index (χ0) is 21.5.